The van der Waals surface area contributed by atoms with Gasteiger partial charge in [-0.3, -0.25) is 14.2 Å². The molecule has 0 saturated heterocycles. The lowest BCUT2D eigenvalue weighted by Crippen LogP contribution is -2.41. The Balaban J connectivity index is 2.36. The zero-order valence-corrected chi connectivity index (χ0v) is 14.6. The first-order chi connectivity index (χ1) is 12.6. The van der Waals surface area contributed by atoms with Crippen LogP contribution in [-0.2, 0) is 11.0 Å². The SMILES string of the molecule is CC1(C)Oc2ccc(C(F)(F)F)cc2C(n2ccccc2=O)=C1CNC=O. The number of carbonyl (C=O) groups excluding carboxylic acids is 1. The fraction of sp³-hybridized carbons (Fsp3) is 0.263. The number of nitrogens with one attached hydrogen (secondary N) is 1. The number of rotatable bonds is 4. The molecule has 0 saturated carbocycles. The molecule has 0 aliphatic carbocycles. The second kappa shape index (κ2) is 6.61. The number of aromatic nitrogens is 1. The Labute approximate surface area is 153 Å². The van der Waals surface area contributed by atoms with E-state index in [9.17, 15) is 22.8 Å². The molecule has 2 aromatic rings. The van der Waals surface area contributed by atoms with Crippen LogP contribution in [0.5, 0.6) is 5.75 Å². The lowest BCUT2D eigenvalue weighted by molar-refractivity contribution is -0.137. The molecule has 3 rings (SSSR count). The van der Waals surface area contributed by atoms with E-state index in [1.165, 1.54) is 22.9 Å². The number of nitrogens with zero attached hydrogens (tertiary/aromatic N) is 1. The number of hydrogen-bond donors (Lipinski definition) is 1. The fourth-order valence-electron chi connectivity index (χ4n) is 3.09. The third kappa shape index (κ3) is 3.47. The van der Waals surface area contributed by atoms with Crippen LogP contribution in [0.4, 0.5) is 13.2 Å². The molecular weight excluding hydrogens is 361 g/mol. The first-order valence-electron chi connectivity index (χ1n) is 8.14. The number of fused-ring (bicyclic) bond motifs is 1. The molecule has 142 valence electrons. The van der Waals surface area contributed by atoms with Crippen LogP contribution < -0.4 is 15.6 Å². The van der Waals surface area contributed by atoms with Gasteiger partial charge < -0.3 is 10.1 Å². The fourth-order valence-corrected chi connectivity index (χ4v) is 3.09. The van der Waals surface area contributed by atoms with Gasteiger partial charge in [-0.05, 0) is 38.1 Å². The Morgan fingerprint density at radius 2 is 1.96 bits per heavy atom. The van der Waals surface area contributed by atoms with E-state index in [0.717, 1.165) is 12.1 Å². The minimum Gasteiger partial charge on any atom is -0.483 e. The van der Waals surface area contributed by atoms with Crippen LogP contribution >= 0.6 is 0 Å². The van der Waals surface area contributed by atoms with Crippen LogP contribution in [0, 0.1) is 0 Å². The highest BCUT2D eigenvalue weighted by Gasteiger charge is 2.38. The van der Waals surface area contributed by atoms with Gasteiger partial charge in [0.15, 0.2) is 0 Å². The number of halogens is 3. The average Bonchev–Trinajstić information content (AvgIpc) is 2.58. The predicted molar refractivity (Wildman–Crippen MR) is 93.2 cm³/mol. The lowest BCUT2D eigenvalue weighted by Gasteiger charge is -2.37. The quantitative estimate of drug-likeness (QED) is 0.832. The summed E-state index contributed by atoms with van der Waals surface area (Å²) in [4.78, 5) is 23.2. The van der Waals surface area contributed by atoms with Gasteiger partial charge in [0, 0.05) is 29.9 Å². The van der Waals surface area contributed by atoms with E-state index < -0.39 is 22.9 Å². The highest BCUT2D eigenvalue weighted by atomic mass is 19.4. The Hall–Kier alpha value is -3.03. The van der Waals surface area contributed by atoms with Gasteiger partial charge in [-0.2, -0.15) is 13.2 Å². The van der Waals surface area contributed by atoms with Crippen LogP contribution in [0.2, 0.25) is 0 Å². The molecule has 0 fully saturated rings. The monoisotopic (exact) mass is 378 g/mol. The van der Waals surface area contributed by atoms with Crippen molar-refractivity contribution in [3.63, 3.8) is 0 Å². The van der Waals surface area contributed by atoms with Gasteiger partial charge in [0.2, 0.25) is 6.41 Å². The van der Waals surface area contributed by atoms with Crippen molar-refractivity contribution in [2.75, 3.05) is 6.54 Å². The van der Waals surface area contributed by atoms with Crippen LogP contribution in [0.25, 0.3) is 5.70 Å². The number of hydrogen-bond acceptors (Lipinski definition) is 3. The third-order valence-electron chi connectivity index (χ3n) is 4.37. The first kappa shape index (κ1) is 18.8. The van der Waals surface area contributed by atoms with E-state index in [-0.39, 0.29) is 23.6 Å². The number of ether oxygens (including phenoxy) is 1. The normalized spacial score (nSPS) is 15.7. The number of amides is 1. The molecule has 5 nitrogen and oxygen atoms in total. The van der Waals surface area contributed by atoms with Crippen molar-refractivity contribution >= 4 is 12.1 Å². The molecule has 0 unspecified atom stereocenters. The molecule has 1 amide bonds. The van der Waals surface area contributed by atoms with Gasteiger partial charge >= 0.3 is 6.18 Å². The highest BCUT2D eigenvalue weighted by molar-refractivity contribution is 5.77. The Bertz CT molecular complexity index is 975. The summed E-state index contributed by atoms with van der Waals surface area (Å²) in [7, 11) is 0. The van der Waals surface area contributed by atoms with Crippen molar-refractivity contribution in [2.24, 2.45) is 0 Å². The van der Waals surface area contributed by atoms with Crippen LogP contribution in [0.15, 0.2) is 53.0 Å². The number of alkyl halides is 3. The van der Waals surface area contributed by atoms with E-state index in [1.807, 2.05) is 0 Å². The van der Waals surface area contributed by atoms with Gasteiger partial charge in [0.25, 0.3) is 5.56 Å². The molecule has 8 heteroatoms. The van der Waals surface area contributed by atoms with Gasteiger partial charge in [-0.15, -0.1) is 0 Å². The Morgan fingerprint density at radius 3 is 2.59 bits per heavy atom. The molecule has 0 atom stereocenters. The number of benzene rings is 1. The summed E-state index contributed by atoms with van der Waals surface area (Å²) in [5, 5.41) is 2.51. The van der Waals surface area contributed by atoms with Gasteiger partial charge in [0.05, 0.1) is 11.3 Å². The zero-order chi connectivity index (χ0) is 19.8. The minimum atomic E-state index is -4.55. The summed E-state index contributed by atoms with van der Waals surface area (Å²) in [5.41, 5.74) is -1.32. The molecule has 27 heavy (non-hydrogen) atoms. The molecule has 1 aliphatic rings. The second-order valence-electron chi connectivity index (χ2n) is 6.56. The first-order valence-corrected chi connectivity index (χ1v) is 8.14. The lowest BCUT2D eigenvalue weighted by atomic mass is 9.88. The van der Waals surface area contributed by atoms with E-state index in [0.29, 0.717) is 12.0 Å². The predicted octanol–water partition coefficient (Wildman–Crippen LogP) is 3.04. The van der Waals surface area contributed by atoms with Gasteiger partial charge in [0.1, 0.15) is 11.4 Å². The standard InChI is InChI=1S/C19H17F3N2O3/c1-18(2)14(10-23-11-25)17(24-8-4-3-5-16(24)26)13-9-12(19(20,21)22)6-7-15(13)27-18/h3-9,11H,10H2,1-2H3,(H,23,25). The smallest absolute Gasteiger partial charge is 0.416 e. The second-order valence-corrected chi connectivity index (χ2v) is 6.56. The van der Waals surface area contributed by atoms with Crippen molar-refractivity contribution in [1.82, 2.24) is 9.88 Å². The number of carbonyl (C=O) groups is 1. The van der Waals surface area contributed by atoms with E-state index in [2.05, 4.69) is 5.32 Å². The maximum Gasteiger partial charge on any atom is 0.416 e. The van der Waals surface area contributed by atoms with Crippen molar-refractivity contribution in [2.45, 2.75) is 25.6 Å². The maximum absolute atomic E-state index is 13.2. The molecular formula is C19H17F3N2O3. The summed E-state index contributed by atoms with van der Waals surface area (Å²) < 4.78 is 46.9. The molecule has 0 radical (unpaired) electrons. The minimum absolute atomic E-state index is 0.0167. The summed E-state index contributed by atoms with van der Waals surface area (Å²) in [6.07, 6.45) is -2.59. The number of pyridine rings is 1. The summed E-state index contributed by atoms with van der Waals surface area (Å²) >= 11 is 0. The molecule has 1 N–H and O–H groups in total. The summed E-state index contributed by atoms with van der Waals surface area (Å²) in [5.74, 6) is 0.230. The highest BCUT2D eigenvalue weighted by Crippen LogP contribution is 2.43. The van der Waals surface area contributed by atoms with Gasteiger partial charge in [-0.25, -0.2) is 0 Å². The maximum atomic E-state index is 13.2. The van der Waals surface area contributed by atoms with E-state index in [1.54, 1.807) is 26.0 Å². The molecule has 2 heterocycles. The van der Waals surface area contributed by atoms with Crippen LogP contribution in [-0.4, -0.2) is 23.1 Å². The van der Waals surface area contributed by atoms with Crippen molar-refractivity contribution in [3.05, 3.63) is 69.6 Å². The average molecular weight is 378 g/mol. The van der Waals surface area contributed by atoms with Crippen LogP contribution in [0.1, 0.15) is 25.0 Å². The molecule has 1 aliphatic heterocycles. The topological polar surface area (TPSA) is 60.3 Å². The molecule has 1 aromatic heterocycles. The van der Waals surface area contributed by atoms with Crippen molar-refractivity contribution in [1.29, 1.82) is 0 Å². The Morgan fingerprint density at radius 1 is 1.22 bits per heavy atom. The summed E-state index contributed by atoms with van der Waals surface area (Å²) in [6.45, 7) is 3.47. The van der Waals surface area contributed by atoms with Crippen molar-refractivity contribution in [3.8, 4) is 5.75 Å². The third-order valence-corrected chi connectivity index (χ3v) is 4.37. The molecule has 0 spiro atoms. The summed E-state index contributed by atoms with van der Waals surface area (Å²) in [6, 6.07) is 7.61. The zero-order valence-electron chi connectivity index (χ0n) is 14.6. The van der Waals surface area contributed by atoms with E-state index in [4.69, 9.17) is 4.74 Å². The largest absolute Gasteiger partial charge is 0.483 e. The van der Waals surface area contributed by atoms with Crippen LogP contribution in [0.3, 0.4) is 0 Å². The molecule has 1 aromatic carbocycles. The molecule has 0 bridgehead atoms. The van der Waals surface area contributed by atoms with E-state index >= 15 is 0 Å². The van der Waals surface area contributed by atoms with Gasteiger partial charge in [-0.1, -0.05) is 6.07 Å². The Kier molecular flexibility index (Phi) is 4.59. The van der Waals surface area contributed by atoms with Crippen molar-refractivity contribution < 1.29 is 22.7 Å².